The Morgan fingerprint density at radius 1 is 1.26 bits per heavy atom. The number of benzene rings is 1. The number of rotatable bonds is 2. The number of carbonyl (C=O) groups is 1. The molecule has 0 saturated carbocycles. The van der Waals surface area contributed by atoms with Crippen LogP contribution in [0.25, 0.3) is 22.2 Å². The Hall–Kier alpha value is -2.62. The molecular formula is C15H13N3O. The summed E-state index contributed by atoms with van der Waals surface area (Å²) in [7, 11) is 0. The maximum absolute atomic E-state index is 11.1. The average molecular weight is 251 g/mol. The Bertz CT molecular complexity index is 746. The second-order valence-corrected chi connectivity index (χ2v) is 4.36. The lowest BCUT2D eigenvalue weighted by atomic mass is 10.0. The number of aromatic amines is 1. The summed E-state index contributed by atoms with van der Waals surface area (Å²) in [6, 6.07) is 11.8. The fourth-order valence-corrected chi connectivity index (χ4v) is 2.18. The molecule has 2 N–H and O–H groups in total. The number of H-pyrrole nitrogens is 1. The molecule has 0 atom stereocenters. The number of nitrogens with zero attached hydrogens (tertiary/aromatic N) is 1. The summed E-state index contributed by atoms with van der Waals surface area (Å²) in [5, 5.41) is 3.87. The lowest BCUT2D eigenvalue weighted by Gasteiger charge is -2.07. The summed E-state index contributed by atoms with van der Waals surface area (Å²) in [5.74, 6) is -0.0707. The quantitative estimate of drug-likeness (QED) is 0.734. The number of nitrogens with one attached hydrogen (secondary N) is 2. The van der Waals surface area contributed by atoms with Gasteiger partial charge in [-0.2, -0.15) is 0 Å². The largest absolute Gasteiger partial charge is 0.346 e. The molecule has 0 saturated heterocycles. The highest BCUT2D eigenvalue weighted by atomic mass is 16.1. The van der Waals surface area contributed by atoms with Gasteiger partial charge in [-0.25, -0.2) is 4.98 Å². The van der Waals surface area contributed by atoms with Gasteiger partial charge < -0.3 is 10.3 Å². The minimum atomic E-state index is -0.0707. The third kappa shape index (κ3) is 2.20. The van der Waals surface area contributed by atoms with Gasteiger partial charge in [-0.05, 0) is 35.4 Å². The Balaban J connectivity index is 2.11. The van der Waals surface area contributed by atoms with Crippen LogP contribution >= 0.6 is 0 Å². The van der Waals surface area contributed by atoms with Crippen LogP contribution in [0.2, 0.25) is 0 Å². The maximum atomic E-state index is 11.1. The van der Waals surface area contributed by atoms with Crippen LogP contribution in [0.1, 0.15) is 6.92 Å². The second kappa shape index (κ2) is 4.57. The van der Waals surface area contributed by atoms with Gasteiger partial charge in [0.05, 0.1) is 0 Å². The number of pyridine rings is 1. The fourth-order valence-electron chi connectivity index (χ4n) is 2.18. The first-order valence-corrected chi connectivity index (χ1v) is 6.04. The van der Waals surface area contributed by atoms with E-state index in [1.807, 2.05) is 42.6 Å². The van der Waals surface area contributed by atoms with Crippen molar-refractivity contribution in [3.05, 3.63) is 48.8 Å². The molecule has 4 heteroatoms. The van der Waals surface area contributed by atoms with E-state index in [-0.39, 0.29) is 5.91 Å². The lowest BCUT2D eigenvalue weighted by Crippen LogP contribution is -2.05. The first-order chi connectivity index (χ1) is 9.24. The molecule has 0 spiro atoms. The standard InChI is InChI=1S/C15H13N3O/c1-10(19)18-12-4-2-3-11(9-12)13-5-7-16-15-14(13)6-8-17-15/h2-9H,1H3,(H,16,17)(H,18,19). The van der Waals surface area contributed by atoms with Crippen molar-refractivity contribution < 1.29 is 4.79 Å². The monoisotopic (exact) mass is 251 g/mol. The number of aromatic nitrogens is 2. The smallest absolute Gasteiger partial charge is 0.221 e. The van der Waals surface area contributed by atoms with Gasteiger partial charge in [0, 0.05) is 30.4 Å². The van der Waals surface area contributed by atoms with Crippen molar-refractivity contribution in [2.45, 2.75) is 6.92 Å². The molecule has 4 nitrogen and oxygen atoms in total. The zero-order valence-electron chi connectivity index (χ0n) is 10.5. The van der Waals surface area contributed by atoms with Crippen molar-refractivity contribution in [2.24, 2.45) is 0 Å². The van der Waals surface area contributed by atoms with Crippen molar-refractivity contribution >= 4 is 22.6 Å². The zero-order valence-corrected chi connectivity index (χ0v) is 10.5. The topological polar surface area (TPSA) is 57.8 Å². The van der Waals surface area contributed by atoms with E-state index in [0.717, 1.165) is 27.8 Å². The predicted octanol–water partition coefficient (Wildman–Crippen LogP) is 3.19. The zero-order chi connectivity index (χ0) is 13.2. The van der Waals surface area contributed by atoms with E-state index in [1.165, 1.54) is 6.92 Å². The number of hydrogen-bond acceptors (Lipinski definition) is 2. The number of fused-ring (bicyclic) bond motifs is 1. The Labute approximate surface area is 110 Å². The Morgan fingerprint density at radius 3 is 3.00 bits per heavy atom. The summed E-state index contributed by atoms with van der Waals surface area (Å²) < 4.78 is 0. The number of anilines is 1. The molecule has 94 valence electrons. The van der Waals surface area contributed by atoms with Crippen molar-refractivity contribution in [3.63, 3.8) is 0 Å². The normalized spacial score (nSPS) is 10.6. The molecule has 2 aromatic heterocycles. The van der Waals surface area contributed by atoms with Gasteiger partial charge >= 0.3 is 0 Å². The molecule has 0 unspecified atom stereocenters. The van der Waals surface area contributed by atoms with Crippen LogP contribution in [0.4, 0.5) is 5.69 Å². The minimum Gasteiger partial charge on any atom is -0.346 e. The molecule has 0 bridgehead atoms. The lowest BCUT2D eigenvalue weighted by molar-refractivity contribution is -0.114. The molecule has 0 aliphatic heterocycles. The Morgan fingerprint density at radius 2 is 2.16 bits per heavy atom. The molecule has 19 heavy (non-hydrogen) atoms. The van der Waals surface area contributed by atoms with Crippen LogP contribution in [-0.4, -0.2) is 15.9 Å². The molecular weight excluding hydrogens is 238 g/mol. The van der Waals surface area contributed by atoms with Gasteiger partial charge in [-0.3, -0.25) is 4.79 Å². The van der Waals surface area contributed by atoms with Crippen LogP contribution in [0.15, 0.2) is 48.8 Å². The third-order valence-corrected chi connectivity index (χ3v) is 2.95. The van der Waals surface area contributed by atoms with E-state index in [2.05, 4.69) is 15.3 Å². The van der Waals surface area contributed by atoms with Gasteiger partial charge in [0.15, 0.2) is 0 Å². The molecule has 2 heterocycles. The van der Waals surface area contributed by atoms with E-state index in [1.54, 1.807) is 6.20 Å². The van der Waals surface area contributed by atoms with Crippen LogP contribution < -0.4 is 5.32 Å². The highest BCUT2D eigenvalue weighted by Crippen LogP contribution is 2.28. The summed E-state index contributed by atoms with van der Waals surface area (Å²) in [6.07, 6.45) is 3.65. The number of amides is 1. The van der Waals surface area contributed by atoms with Crippen LogP contribution in [0, 0.1) is 0 Å². The molecule has 1 amide bonds. The van der Waals surface area contributed by atoms with Gasteiger partial charge in [0.1, 0.15) is 5.65 Å². The summed E-state index contributed by atoms with van der Waals surface area (Å²) in [5.41, 5.74) is 3.81. The van der Waals surface area contributed by atoms with Crippen molar-refractivity contribution in [3.8, 4) is 11.1 Å². The molecule has 3 rings (SSSR count). The van der Waals surface area contributed by atoms with Gasteiger partial charge in [0.2, 0.25) is 5.91 Å². The SMILES string of the molecule is CC(=O)Nc1cccc(-c2ccnc3[nH]ccc23)c1. The summed E-state index contributed by atoms with van der Waals surface area (Å²) >= 11 is 0. The molecule has 3 aromatic rings. The van der Waals surface area contributed by atoms with Gasteiger partial charge in [0.25, 0.3) is 0 Å². The van der Waals surface area contributed by atoms with E-state index in [4.69, 9.17) is 0 Å². The highest BCUT2D eigenvalue weighted by molar-refractivity contribution is 5.95. The predicted molar refractivity (Wildman–Crippen MR) is 75.8 cm³/mol. The number of carbonyl (C=O) groups excluding carboxylic acids is 1. The fraction of sp³-hybridized carbons (Fsp3) is 0.0667. The molecule has 0 aliphatic rings. The average Bonchev–Trinajstić information content (AvgIpc) is 2.86. The van der Waals surface area contributed by atoms with Crippen molar-refractivity contribution in [1.82, 2.24) is 9.97 Å². The molecule has 0 fully saturated rings. The third-order valence-electron chi connectivity index (χ3n) is 2.95. The van der Waals surface area contributed by atoms with Crippen LogP contribution in [-0.2, 0) is 4.79 Å². The van der Waals surface area contributed by atoms with Crippen LogP contribution in [0.5, 0.6) is 0 Å². The first kappa shape index (κ1) is 11.5. The summed E-state index contributed by atoms with van der Waals surface area (Å²) in [4.78, 5) is 18.5. The van der Waals surface area contributed by atoms with E-state index >= 15 is 0 Å². The molecule has 1 aromatic carbocycles. The van der Waals surface area contributed by atoms with Gasteiger partial charge in [-0.15, -0.1) is 0 Å². The van der Waals surface area contributed by atoms with E-state index < -0.39 is 0 Å². The molecule has 0 radical (unpaired) electrons. The maximum Gasteiger partial charge on any atom is 0.221 e. The van der Waals surface area contributed by atoms with E-state index in [0.29, 0.717) is 0 Å². The van der Waals surface area contributed by atoms with Gasteiger partial charge in [-0.1, -0.05) is 12.1 Å². The first-order valence-electron chi connectivity index (χ1n) is 6.04. The minimum absolute atomic E-state index is 0.0707. The number of hydrogen-bond donors (Lipinski definition) is 2. The van der Waals surface area contributed by atoms with Crippen molar-refractivity contribution in [1.29, 1.82) is 0 Å². The van der Waals surface area contributed by atoms with Crippen molar-refractivity contribution in [2.75, 3.05) is 5.32 Å². The Kier molecular flexibility index (Phi) is 2.76. The molecule has 0 aliphatic carbocycles. The van der Waals surface area contributed by atoms with Crippen LogP contribution in [0.3, 0.4) is 0 Å². The summed E-state index contributed by atoms with van der Waals surface area (Å²) in [6.45, 7) is 1.50. The second-order valence-electron chi connectivity index (χ2n) is 4.36. The van der Waals surface area contributed by atoms with E-state index in [9.17, 15) is 4.79 Å². The highest BCUT2D eigenvalue weighted by Gasteiger charge is 2.06.